The Kier molecular flexibility index (Phi) is 6.97. The van der Waals surface area contributed by atoms with Crippen LogP contribution < -0.4 is 4.90 Å². The summed E-state index contributed by atoms with van der Waals surface area (Å²) in [4.78, 5) is 2.54. The van der Waals surface area contributed by atoms with Gasteiger partial charge in [-0.1, -0.05) is 146 Å². The molecule has 0 bridgehead atoms. The highest BCUT2D eigenvalue weighted by Gasteiger charge is 2.23. The lowest BCUT2D eigenvalue weighted by Gasteiger charge is -2.29. The second-order valence-electron chi connectivity index (χ2n) is 13.7. The number of hydrogen-bond acceptors (Lipinski definition) is 3. The number of nitrogens with zero attached hydrogens (tertiary/aromatic N) is 1. The number of rotatable bonds is 5. The summed E-state index contributed by atoms with van der Waals surface area (Å²) in [5, 5.41) is 10.2. The van der Waals surface area contributed by atoms with E-state index in [9.17, 15) is 0 Å². The van der Waals surface area contributed by atoms with Crippen LogP contribution >= 0.6 is 22.7 Å². The molecule has 11 rings (SSSR count). The van der Waals surface area contributed by atoms with Crippen LogP contribution in [0.2, 0.25) is 0 Å². The largest absolute Gasteiger partial charge is 0.308 e. The number of hydrogen-bond donors (Lipinski definition) is 0. The summed E-state index contributed by atoms with van der Waals surface area (Å²) in [6.07, 6.45) is 0. The van der Waals surface area contributed by atoms with Gasteiger partial charge in [0.25, 0.3) is 0 Å². The Hall–Kier alpha value is -6.26. The van der Waals surface area contributed by atoms with Crippen LogP contribution in [0.1, 0.15) is 0 Å². The zero-order chi connectivity index (χ0) is 34.9. The molecule has 0 aliphatic rings. The third kappa shape index (κ3) is 4.89. The molecule has 53 heavy (non-hydrogen) atoms. The zero-order valence-electron chi connectivity index (χ0n) is 28.7. The van der Waals surface area contributed by atoms with Gasteiger partial charge >= 0.3 is 0 Å². The average Bonchev–Trinajstić information content (AvgIpc) is 3.80. The lowest BCUT2D eigenvalue weighted by atomic mass is 9.95. The van der Waals surface area contributed by atoms with E-state index in [0.29, 0.717) is 0 Å². The van der Waals surface area contributed by atoms with Crippen molar-refractivity contribution in [2.75, 3.05) is 4.90 Å². The van der Waals surface area contributed by atoms with Gasteiger partial charge in [-0.2, -0.15) is 0 Å². The van der Waals surface area contributed by atoms with Crippen LogP contribution in [0.5, 0.6) is 0 Å². The summed E-state index contributed by atoms with van der Waals surface area (Å²) < 4.78 is 5.21. The van der Waals surface area contributed by atoms with Gasteiger partial charge in [-0.3, -0.25) is 0 Å². The first-order valence-electron chi connectivity index (χ1n) is 18.0. The first kappa shape index (κ1) is 30.4. The van der Waals surface area contributed by atoms with Crippen molar-refractivity contribution >= 4 is 102 Å². The molecule has 2 heterocycles. The van der Waals surface area contributed by atoms with E-state index in [1.807, 2.05) is 22.7 Å². The summed E-state index contributed by atoms with van der Waals surface area (Å²) in [7, 11) is 0. The highest BCUT2D eigenvalue weighted by Crippen LogP contribution is 2.49. The normalized spacial score (nSPS) is 11.8. The van der Waals surface area contributed by atoms with Crippen molar-refractivity contribution in [3.05, 3.63) is 188 Å². The lowest BCUT2D eigenvalue weighted by Crippen LogP contribution is -2.11. The van der Waals surface area contributed by atoms with Crippen molar-refractivity contribution in [3.63, 3.8) is 0 Å². The van der Waals surface area contributed by atoms with Gasteiger partial charge in [0.15, 0.2) is 0 Å². The molecule has 9 aromatic carbocycles. The Morgan fingerprint density at radius 3 is 1.66 bits per heavy atom. The molecule has 2 aromatic heterocycles. The molecule has 11 aromatic rings. The molecule has 0 aliphatic heterocycles. The van der Waals surface area contributed by atoms with E-state index in [0.717, 1.165) is 5.69 Å². The van der Waals surface area contributed by atoms with Crippen molar-refractivity contribution in [2.45, 2.75) is 0 Å². The summed E-state index contributed by atoms with van der Waals surface area (Å²) in [6, 6.07) is 69.3. The maximum absolute atomic E-state index is 2.54. The summed E-state index contributed by atoms with van der Waals surface area (Å²) >= 11 is 3.77. The van der Waals surface area contributed by atoms with Crippen LogP contribution in [0.15, 0.2) is 188 Å². The molecule has 0 unspecified atom stereocenters. The van der Waals surface area contributed by atoms with Gasteiger partial charge < -0.3 is 4.90 Å². The number of benzene rings is 9. The number of fused-ring (bicyclic) bond motifs is 9. The fraction of sp³-hybridized carbons (Fsp3) is 0. The van der Waals surface area contributed by atoms with Crippen molar-refractivity contribution < 1.29 is 0 Å². The molecule has 0 saturated heterocycles. The van der Waals surface area contributed by atoms with Gasteiger partial charge in [0.1, 0.15) is 0 Å². The molecule has 0 N–H and O–H groups in total. The molecule has 0 saturated carbocycles. The molecular weight excluding hydrogens is 679 g/mol. The Bertz CT molecular complexity index is 3190. The Balaban J connectivity index is 1.27. The lowest BCUT2D eigenvalue weighted by molar-refractivity contribution is 1.32. The minimum atomic E-state index is 1.13. The first-order valence-corrected chi connectivity index (χ1v) is 19.6. The molecule has 0 amide bonds. The van der Waals surface area contributed by atoms with Crippen molar-refractivity contribution in [2.24, 2.45) is 0 Å². The Labute approximate surface area is 315 Å². The average molecular weight is 710 g/mol. The maximum atomic E-state index is 2.54. The van der Waals surface area contributed by atoms with Crippen LogP contribution in [0.3, 0.4) is 0 Å². The van der Waals surface area contributed by atoms with E-state index >= 15 is 0 Å². The fourth-order valence-corrected chi connectivity index (χ4v) is 10.6. The predicted molar refractivity (Wildman–Crippen MR) is 233 cm³/mol. The quantitative estimate of drug-likeness (QED) is 0.161. The third-order valence-corrected chi connectivity index (χ3v) is 13.0. The Morgan fingerprint density at radius 1 is 0.321 bits per heavy atom. The highest BCUT2D eigenvalue weighted by atomic mass is 32.1. The molecule has 3 heteroatoms. The second-order valence-corrected chi connectivity index (χ2v) is 15.8. The van der Waals surface area contributed by atoms with Crippen LogP contribution in [0.25, 0.3) is 84.1 Å². The van der Waals surface area contributed by atoms with Crippen molar-refractivity contribution in [3.8, 4) is 22.3 Å². The molecule has 0 spiro atoms. The standard InChI is InChI=1S/C50H31NS2/c1-2-14-32(15-3-1)34-28-35(38-22-12-23-43-41-20-8-10-26-47(41)52-49(38)43)30-36(29-34)51(45-25-13-24-44-42-21-9-11-27-48(42)53-50(44)45)46-31-33-16-4-5-17-37(33)39-18-6-7-19-40(39)46/h1-31H. The van der Waals surface area contributed by atoms with E-state index in [1.165, 1.54) is 95.5 Å². The van der Waals surface area contributed by atoms with Gasteiger partial charge in [0, 0.05) is 46.7 Å². The third-order valence-electron chi connectivity index (χ3n) is 10.6. The SMILES string of the molecule is c1ccc(-c2cc(-c3cccc4c3sc3ccccc34)cc(N(c3cc4ccccc4c4ccccc34)c3cccc4c3sc3ccccc34)c2)cc1. The smallest absolute Gasteiger partial charge is 0.0640 e. The summed E-state index contributed by atoms with van der Waals surface area (Å²) in [5.74, 6) is 0. The van der Waals surface area contributed by atoms with Gasteiger partial charge in [0.05, 0.1) is 16.1 Å². The highest BCUT2D eigenvalue weighted by molar-refractivity contribution is 7.26. The molecule has 0 aliphatic carbocycles. The van der Waals surface area contributed by atoms with Gasteiger partial charge in [-0.05, 0) is 80.9 Å². The van der Waals surface area contributed by atoms with Crippen LogP contribution in [0.4, 0.5) is 17.1 Å². The summed E-state index contributed by atoms with van der Waals surface area (Å²) in [6.45, 7) is 0. The predicted octanol–water partition coefficient (Wildman–Crippen LogP) is 15.5. The van der Waals surface area contributed by atoms with Crippen LogP contribution in [-0.4, -0.2) is 0 Å². The van der Waals surface area contributed by atoms with Gasteiger partial charge in [-0.25, -0.2) is 0 Å². The fourth-order valence-electron chi connectivity index (χ4n) is 8.20. The molecule has 0 atom stereocenters. The van der Waals surface area contributed by atoms with Crippen LogP contribution in [-0.2, 0) is 0 Å². The Morgan fingerprint density at radius 2 is 0.887 bits per heavy atom. The van der Waals surface area contributed by atoms with Crippen molar-refractivity contribution in [1.29, 1.82) is 0 Å². The second kappa shape index (κ2) is 12.2. The van der Waals surface area contributed by atoms with E-state index < -0.39 is 0 Å². The topological polar surface area (TPSA) is 3.24 Å². The molecule has 0 fully saturated rings. The molecule has 248 valence electrons. The van der Waals surface area contributed by atoms with E-state index in [1.54, 1.807) is 0 Å². The molecular formula is C50H31NS2. The van der Waals surface area contributed by atoms with Crippen molar-refractivity contribution in [1.82, 2.24) is 0 Å². The number of thiophene rings is 2. The number of anilines is 3. The zero-order valence-corrected chi connectivity index (χ0v) is 30.3. The summed E-state index contributed by atoms with van der Waals surface area (Å²) in [5.41, 5.74) is 8.33. The minimum Gasteiger partial charge on any atom is -0.308 e. The minimum absolute atomic E-state index is 1.13. The van der Waals surface area contributed by atoms with Gasteiger partial charge in [0.2, 0.25) is 0 Å². The van der Waals surface area contributed by atoms with E-state index in [4.69, 9.17) is 0 Å². The van der Waals surface area contributed by atoms with E-state index in [-0.39, 0.29) is 0 Å². The maximum Gasteiger partial charge on any atom is 0.0640 e. The van der Waals surface area contributed by atoms with Crippen LogP contribution in [0, 0.1) is 0 Å². The monoisotopic (exact) mass is 709 g/mol. The molecule has 0 radical (unpaired) electrons. The van der Waals surface area contributed by atoms with E-state index in [2.05, 4.69) is 193 Å². The van der Waals surface area contributed by atoms with Gasteiger partial charge in [-0.15, -0.1) is 22.7 Å². The first-order chi connectivity index (χ1) is 26.3. The molecule has 1 nitrogen and oxygen atoms in total.